The number of nitrogens with zero attached hydrogens (tertiary/aromatic N) is 3. The zero-order valence-electron chi connectivity index (χ0n) is 13.4. The largest absolute Gasteiger partial charge is 0.383 e. The summed E-state index contributed by atoms with van der Waals surface area (Å²) < 4.78 is 5.09. The SMILES string of the molecule is COCCN(C)c1ccc(NCc2cccc3cn[nH]c23)nc1. The van der Waals surface area contributed by atoms with Crippen molar-refractivity contribution >= 4 is 22.4 Å². The molecule has 120 valence electrons. The predicted octanol–water partition coefficient (Wildman–Crippen LogP) is 2.65. The molecule has 0 bridgehead atoms. The molecule has 3 rings (SSSR count). The number of H-pyrrole nitrogens is 1. The van der Waals surface area contributed by atoms with Crippen LogP contribution < -0.4 is 10.2 Å². The average molecular weight is 311 g/mol. The van der Waals surface area contributed by atoms with Crippen LogP contribution in [0.25, 0.3) is 10.9 Å². The smallest absolute Gasteiger partial charge is 0.126 e. The van der Waals surface area contributed by atoms with E-state index in [0.29, 0.717) is 13.2 Å². The van der Waals surface area contributed by atoms with Crippen molar-refractivity contribution in [1.82, 2.24) is 15.2 Å². The summed E-state index contributed by atoms with van der Waals surface area (Å²) in [5.41, 5.74) is 3.31. The molecule has 6 heteroatoms. The van der Waals surface area contributed by atoms with Gasteiger partial charge in [-0.2, -0.15) is 5.10 Å². The van der Waals surface area contributed by atoms with Crippen LogP contribution in [0.15, 0.2) is 42.7 Å². The second-order valence-corrected chi connectivity index (χ2v) is 5.42. The predicted molar refractivity (Wildman–Crippen MR) is 92.8 cm³/mol. The van der Waals surface area contributed by atoms with E-state index in [1.807, 2.05) is 37.6 Å². The summed E-state index contributed by atoms with van der Waals surface area (Å²) >= 11 is 0. The molecule has 0 aliphatic carbocycles. The lowest BCUT2D eigenvalue weighted by atomic mass is 10.1. The fourth-order valence-corrected chi connectivity index (χ4v) is 2.44. The van der Waals surface area contributed by atoms with Gasteiger partial charge in [-0.3, -0.25) is 5.10 Å². The third-order valence-electron chi connectivity index (χ3n) is 3.84. The molecule has 0 radical (unpaired) electrons. The molecule has 1 aromatic carbocycles. The summed E-state index contributed by atoms with van der Waals surface area (Å²) in [6, 6.07) is 10.2. The number of benzene rings is 1. The van der Waals surface area contributed by atoms with Crippen molar-refractivity contribution in [1.29, 1.82) is 0 Å². The lowest BCUT2D eigenvalue weighted by Gasteiger charge is -2.18. The van der Waals surface area contributed by atoms with Gasteiger partial charge in [0.05, 0.1) is 30.2 Å². The van der Waals surface area contributed by atoms with Crippen LogP contribution in [-0.2, 0) is 11.3 Å². The molecule has 3 aromatic rings. The van der Waals surface area contributed by atoms with Crippen LogP contribution in [-0.4, -0.2) is 42.5 Å². The van der Waals surface area contributed by atoms with Crippen molar-refractivity contribution in [3.05, 3.63) is 48.3 Å². The van der Waals surface area contributed by atoms with Gasteiger partial charge in [-0.05, 0) is 17.7 Å². The van der Waals surface area contributed by atoms with Gasteiger partial charge in [0.1, 0.15) is 5.82 Å². The maximum atomic E-state index is 5.09. The van der Waals surface area contributed by atoms with Gasteiger partial charge in [0.25, 0.3) is 0 Å². The van der Waals surface area contributed by atoms with Crippen LogP contribution in [0.5, 0.6) is 0 Å². The van der Waals surface area contributed by atoms with Gasteiger partial charge < -0.3 is 15.0 Å². The number of pyridine rings is 1. The van der Waals surface area contributed by atoms with E-state index in [9.17, 15) is 0 Å². The number of aromatic amines is 1. The number of hydrogen-bond donors (Lipinski definition) is 2. The highest BCUT2D eigenvalue weighted by atomic mass is 16.5. The maximum Gasteiger partial charge on any atom is 0.126 e. The Balaban J connectivity index is 1.63. The fraction of sp³-hybridized carbons (Fsp3) is 0.294. The fourth-order valence-electron chi connectivity index (χ4n) is 2.44. The molecule has 0 aliphatic heterocycles. The van der Waals surface area contributed by atoms with Crippen LogP contribution in [0.2, 0.25) is 0 Å². The van der Waals surface area contributed by atoms with E-state index in [1.54, 1.807) is 7.11 Å². The minimum Gasteiger partial charge on any atom is -0.383 e. The molecule has 0 fully saturated rings. The van der Waals surface area contributed by atoms with Crippen LogP contribution in [0.1, 0.15) is 5.56 Å². The van der Waals surface area contributed by atoms with Crippen molar-refractivity contribution in [2.45, 2.75) is 6.54 Å². The molecule has 6 nitrogen and oxygen atoms in total. The summed E-state index contributed by atoms with van der Waals surface area (Å²) in [7, 11) is 3.74. The van der Waals surface area contributed by atoms with E-state index in [1.165, 1.54) is 5.56 Å². The third-order valence-corrected chi connectivity index (χ3v) is 3.84. The lowest BCUT2D eigenvalue weighted by molar-refractivity contribution is 0.206. The molecule has 0 atom stereocenters. The minimum absolute atomic E-state index is 0.699. The van der Waals surface area contributed by atoms with Crippen molar-refractivity contribution in [2.75, 3.05) is 37.5 Å². The maximum absolute atomic E-state index is 5.09. The summed E-state index contributed by atoms with van der Waals surface area (Å²) in [5, 5.41) is 11.6. The molecule has 0 aliphatic rings. The van der Waals surface area contributed by atoms with E-state index in [4.69, 9.17) is 4.74 Å². The second-order valence-electron chi connectivity index (χ2n) is 5.42. The highest BCUT2D eigenvalue weighted by Gasteiger charge is 2.04. The number of para-hydroxylation sites is 1. The van der Waals surface area contributed by atoms with Gasteiger partial charge in [0.2, 0.25) is 0 Å². The second kappa shape index (κ2) is 7.11. The first-order valence-corrected chi connectivity index (χ1v) is 7.59. The molecule has 2 aromatic heterocycles. The molecule has 0 saturated heterocycles. The van der Waals surface area contributed by atoms with Gasteiger partial charge >= 0.3 is 0 Å². The number of likely N-dealkylation sites (N-methyl/N-ethyl adjacent to an activating group) is 1. The first-order valence-electron chi connectivity index (χ1n) is 7.59. The lowest BCUT2D eigenvalue weighted by Crippen LogP contribution is -2.22. The first-order chi connectivity index (χ1) is 11.3. The Bertz CT molecular complexity index is 753. The van der Waals surface area contributed by atoms with Gasteiger partial charge in [-0.15, -0.1) is 0 Å². The van der Waals surface area contributed by atoms with Crippen LogP contribution in [0.3, 0.4) is 0 Å². The Labute approximate surface area is 135 Å². The highest BCUT2D eigenvalue weighted by molar-refractivity contribution is 5.81. The van der Waals surface area contributed by atoms with Crippen molar-refractivity contribution in [3.63, 3.8) is 0 Å². The summed E-state index contributed by atoms with van der Waals surface area (Å²) in [4.78, 5) is 6.59. The number of methoxy groups -OCH3 is 1. The average Bonchev–Trinajstić information content (AvgIpc) is 3.07. The number of rotatable bonds is 7. The minimum atomic E-state index is 0.699. The van der Waals surface area contributed by atoms with Crippen molar-refractivity contribution in [3.8, 4) is 0 Å². The number of fused-ring (bicyclic) bond motifs is 1. The Kier molecular flexibility index (Phi) is 4.73. The van der Waals surface area contributed by atoms with E-state index in [0.717, 1.165) is 29.0 Å². The van der Waals surface area contributed by atoms with Gasteiger partial charge in [-0.25, -0.2) is 4.98 Å². The molecule has 0 spiro atoms. The Hall–Kier alpha value is -2.60. The Morgan fingerprint density at radius 1 is 1.22 bits per heavy atom. The molecule has 0 saturated carbocycles. The van der Waals surface area contributed by atoms with Gasteiger partial charge in [0, 0.05) is 32.6 Å². The molecule has 0 amide bonds. The quantitative estimate of drug-likeness (QED) is 0.702. The summed E-state index contributed by atoms with van der Waals surface area (Å²) in [6.07, 6.45) is 3.70. The summed E-state index contributed by atoms with van der Waals surface area (Å²) in [6.45, 7) is 2.24. The molecule has 0 unspecified atom stereocenters. The van der Waals surface area contributed by atoms with E-state index < -0.39 is 0 Å². The first kappa shape index (κ1) is 15.3. The number of nitrogens with one attached hydrogen (secondary N) is 2. The van der Waals surface area contributed by atoms with Gasteiger partial charge in [0.15, 0.2) is 0 Å². The van der Waals surface area contributed by atoms with Crippen LogP contribution in [0.4, 0.5) is 11.5 Å². The highest BCUT2D eigenvalue weighted by Crippen LogP contribution is 2.18. The molecule has 2 heterocycles. The van der Waals surface area contributed by atoms with E-state index in [2.05, 4.69) is 37.5 Å². The van der Waals surface area contributed by atoms with E-state index >= 15 is 0 Å². The van der Waals surface area contributed by atoms with Gasteiger partial charge in [-0.1, -0.05) is 18.2 Å². The topological polar surface area (TPSA) is 66.1 Å². The van der Waals surface area contributed by atoms with Crippen molar-refractivity contribution in [2.24, 2.45) is 0 Å². The van der Waals surface area contributed by atoms with Crippen LogP contribution in [0, 0.1) is 0 Å². The monoisotopic (exact) mass is 311 g/mol. The van der Waals surface area contributed by atoms with Crippen LogP contribution >= 0.6 is 0 Å². The zero-order valence-corrected chi connectivity index (χ0v) is 13.4. The zero-order chi connectivity index (χ0) is 16.1. The summed E-state index contributed by atoms with van der Waals surface area (Å²) in [5.74, 6) is 0.852. The van der Waals surface area contributed by atoms with Crippen molar-refractivity contribution < 1.29 is 4.74 Å². The number of ether oxygens (including phenoxy) is 1. The normalized spacial score (nSPS) is 10.9. The number of anilines is 2. The third kappa shape index (κ3) is 3.60. The van der Waals surface area contributed by atoms with E-state index in [-0.39, 0.29) is 0 Å². The Morgan fingerprint density at radius 2 is 2.13 bits per heavy atom. The Morgan fingerprint density at radius 3 is 2.91 bits per heavy atom. The molecule has 2 N–H and O–H groups in total. The number of aromatic nitrogens is 3. The standard InChI is InChI=1S/C17H21N5O/c1-22(8-9-23-2)15-6-7-16(19-12-15)18-10-13-4-3-5-14-11-20-21-17(13)14/h3-7,11-12H,8-10H2,1-2H3,(H,18,19)(H,20,21). The molecular formula is C17H21N5O. The number of hydrogen-bond acceptors (Lipinski definition) is 5. The molecule has 23 heavy (non-hydrogen) atoms. The molecular weight excluding hydrogens is 290 g/mol.